The molecule has 0 aromatic heterocycles. The van der Waals surface area contributed by atoms with Gasteiger partial charge in [0.1, 0.15) is 54.9 Å². The normalized spacial score (nSPS) is 27.4. The summed E-state index contributed by atoms with van der Waals surface area (Å²) in [6, 6.07) is 0. The van der Waals surface area contributed by atoms with Crippen LogP contribution in [0.3, 0.4) is 0 Å². The smallest absolute Gasteiger partial charge is 0.306 e. The summed E-state index contributed by atoms with van der Waals surface area (Å²) in [6.45, 7) is 3.69. The predicted molar refractivity (Wildman–Crippen MR) is 234 cm³/mol. The van der Waals surface area contributed by atoms with Gasteiger partial charge in [-0.15, -0.1) is 0 Å². The average molecular weight is 879 g/mol. The molecule has 11 atom stereocenters. The van der Waals surface area contributed by atoms with Gasteiger partial charge in [0.2, 0.25) is 0 Å². The number of aliphatic hydroxyl groups is 7. The van der Waals surface area contributed by atoms with E-state index in [-0.39, 0.29) is 25.6 Å². The molecule has 0 aromatic rings. The Labute approximate surface area is 368 Å². The van der Waals surface area contributed by atoms with Gasteiger partial charge in [0.15, 0.2) is 12.6 Å². The molecule has 2 fully saturated rings. The van der Waals surface area contributed by atoms with Crippen LogP contribution in [0, 0.1) is 0 Å². The quantitative estimate of drug-likeness (QED) is 0.0259. The molecule has 0 aliphatic carbocycles. The van der Waals surface area contributed by atoms with Crippen molar-refractivity contribution in [3.8, 4) is 0 Å². The Morgan fingerprint density at radius 2 is 0.869 bits per heavy atom. The molecule has 0 saturated carbocycles. The van der Waals surface area contributed by atoms with Gasteiger partial charge in [-0.3, -0.25) is 4.79 Å². The van der Waals surface area contributed by atoms with Gasteiger partial charge in [0.25, 0.3) is 0 Å². The summed E-state index contributed by atoms with van der Waals surface area (Å²) in [6.07, 6.45) is 17.5. The maximum Gasteiger partial charge on any atom is 0.306 e. The van der Waals surface area contributed by atoms with Crippen molar-refractivity contribution in [2.75, 3.05) is 33.0 Å². The number of carbonyl (C=O) groups is 1. The van der Waals surface area contributed by atoms with Crippen LogP contribution in [0.5, 0.6) is 0 Å². The fourth-order valence-corrected chi connectivity index (χ4v) is 8.05. The summed E-state index contributed by atoms with van der Waals surface area (Å²) in [4.78, 5) is 12.9. The van der Waals surface area contributed by atoms with Crippen LogP contribution in [0.4, 0.5) is 0 Å². The highest BCUT2D eigenvalue weighted by Crippen LogP contribution is 2.26. The maximum atomic E-state index is 12.9. The lowest BCUT2D eigenvalue weighted by atomic mass is 9.98. The molecule has 11 unspecified atom stereocenters. The number of hydrogen-bond donors (Lipinski definition) is 7. The van der Waals surface area contributed by atoms with Crippen LogP contribution in [0.15, 0.2) is 0 Å². The predicted octanol–water partition coefficient (Wildman–Crippen LogP) is 6.52. The first-order chi connectivity index (χ1) is 29.6. The Kier molecular flexibility index (Phi) is 33.3. The zero-order chi connectivity index (χ0) is 44.5. The fraction of sp³-hybridized carbons (Fsp3) is 0.979. The van der Waals surface area contributed by atoms with Crippen molar-refractivity contribution >= 4 is 5.97 Å². The van der Waals surface area contributed by atoms with Crippen LogP contribution < -0.4 is 0 Å². The van der Waals surface area contributed by atoms with Gasteiger partial charge >= 0.3 is 5.97 Å². The van der Waals surface area contributed by atoms with Gasteiger partial charge in [-0.1, -0.05) is 174 Å². The van der Waals surface area contributed by atoms with Crippen LogP contribution in [0.1, 0.15) is 194 Å². The van der Waals surface area contributed by atoms with Gasteiger partial charge in [0.05, 0.1) is 26.4 Å². The largest absolute Gasteiger partial charge is 0.457 e. The number of rotatable bonds is 39. The first kappa shape index (κ1) is 56.1. The van der Waals surface area contributed by atoms with E-state index >= 15 is 0 Å². The first-order valence-electron chi connectivity index (χ1n) is 24.6. The minimum absolute atomic E-state index is 0.0695. The SMILES string of the molecule is CCCCCCCCCCCCCCCCCCCCOCC(COC1OC(COC2OC(CO)C(O)C(O)C2O)C(O)C(O)C1O)OC(=O)CCCCCCCCCCC. The molecule has 7 N–H and O–H groups in total. The molecule has 61 heavy (non-hydrogen) atoms. The Bertz CT molecular complexity index is 1020. The number of ether oxygens (including phenoxy) is 6. The first-order valence-corrected chi connectivity index (χ1v) is 24.6. The molecule has 2 aliphatic heterocycles. The second kappa shape index (κ2) is 36.2. The molecule has 2 saturated heterocycles. The lowest BCUT2D eigenvalue weighted by Gasteiger charge is -2.42. The monoisotopic (exact) mass is 879 g/mol. The lowest BCUT2D eigenvalue weighted by Crippen LogP contribution is -2.61. The van der Waals surface area contributed by atoms with Crippen molar-refractivity contribution < 1.29 is 69.0 Å². The summed E-state index contributed by atoms with van der Waals surface area (Å²) in [5.74, 6) is -0.375. The number of esters is 1. The lowest BCUT2D eigenvalue weighted by molar-refractivity contribution is -0.332. The van der Waals surface area contributed by atoms with Crippen LogP contribution in [0.2, 0.25) is 0 Å². The Hall–Kier alpha value is -1.01. The molecular weight excluding hydrogens is 789 g/mol. The molecule has 2 heterocycles. The minimum atomic E-state index is -1.70. The summed E-state index contributed by atoms with van der Waals surface area (Å²) < 4.78 is 34.2. The van der Waals surface area contributed by atoms with E-state index in [2.05, 4.69) is 13.8 Å². The van der Waals surface area contributed by atoms with Crippen LogP contribution in [-0.2, 0) is 33.2 Å². The molecule has 0 radical (unpaired) electrons. The zero-order valence-corrected chi connectivity index (χ0v) is 38.2. The number of unbranched alkanes of at least 4 members (excludes halogenated alkanes) is 25. The Morgan fingerprint density at radius 1 is 0.475 bits per heavy atom. The van der Waals surface area contributed by atoms with Gasteiger partial charge in [-0.2, -0.15) is 0 Å². The molecule has 14 heteroatoms. The molecule has 0 amide bonds. The van der Waals surface area contributed by atoms with Crippen LogP contribution in [-0.4, -0.2) is 142 Å². The van der Waals surface area contributed by atoms with E-state index in [4.69, 9.17) is 28.4 Å². The molecule has 0 spiro atoms. The number of carbonyl (C=O) groups excluding carboxylic acids is 1. The van der Waals surface area contributed by atoms with Gasteiger partial charge in [-0.05, 0) is 12.8 Å². The molecule has 0 bridgehead atoms. The summed E-state index contributed by atoms with van der Waals surface area (Å²) in [5, 5.41) is 71.9. The number of aliphatic hydroxyl groups excluding tert-OH is 7. The molecule has 2 rings (SSSR count). The van der Waals surface area contributed by atoms with E-state index in [1.54, 1.807) is 0 Å². The number of hydrogen-bond acceptors (Lipinski definition) is 14. The average Bonchev–Trinajstić information content (AvgIpc) is 3.25. The Balaban J connectivity index is 1.74. The van der Waals surface area contributed by atoms with Crippen LogP contribution in [0.25, 0.3) is 0 Å². The minimum Gasteiger partial charge on any atom is -0.457 e. The van der Waals surface area contributed by atoms with Crippen molar-refractivity contribution in [3.63, 3.8) is 0 Å². The highest BCUT2D eigenvalue weighted by atomic mass is 16.7. The van der Waals surface area contributed by atoms with E-state index in [1.807, 2.05) is 0 Å². The third-order valence-corrected chi connectivity index (χ3v) is 12.1. The topological polar surface area (TPSA) is 214 Å². The standard InChI is InChI=1S/C47H90O14/c1-3-5-7-9-11-13-14-15-16-17-18-19-20-21-23-25-27-29-31-56-33-36(59-39(49)30-28-26-24-22-12-10-8-6-4-2)34-57-46-45(55)43(53)41(51)38(61-46)35-58-47-44(54)42(52)40(50)37(32-48)60-47/h36-38,40-48,50-55H,3-35H2,1-2H3. The highest BCUT2D eigenvalue weighted by molar-refractivity contribution is 5.69. The zero-order valence-electron chi connectivity index (χ0n) is 38.2. The molecule has 362 valence electrons. The summed E-state index contributed by atoms with van der Waals surface area (Å²) in [5.41, 5.74) is 0. The molecule has 2 aliphatic rings. The van der Waals surface area contributed by atoms with Crippen molar-refractivity contribution in [2.24, 2.45) is 0 Å². The van der Waals surface area contributed by atoms with Crippen molar-refractivity contribution in [2.45, 2.75) is 261 Å². The second-order valence-corrected chi connectivity index (χ2v) is 17.7. The van der Waals surface area contributed by atoms with Crippen molar-refractivity contribution in [1.29, 1.82) is 0 Å². The fourth-order valence-electron chi connectivity index (χ4n) is 8.05. The maximum absolute atomic E-state index is 12.9. The van der Waals surface area contributed by atoms with E-state index in [1.165, 1.54) is 128 Å². The molecule has 14 nitrogen and oxygen atoms in total. The second-order valence-electron chi connectivity index (χ2n) is 17.7. The summed E-state index contributed by atoms with van der Waals surface area (Å²) >= 11 is 0. The summed E-state index contributed by atoms with van der Waals surface area (Å²) in [7, 11) is 0. The molecule has 0 aromatic carbocycles. The highest BCUT2D eigenvalue weighted by Gasteiger charge is 2.47. The van der Waals surface area contributed by atoms with E-state index in [0.29, 0.717) is 13.0 Å². The van der Waals surface area contributed by atoms with E-state index in [9.17, 15) is 40.5 Å². The van der Waals surface area contributed by atoms with Crippen LogP contribution >= 0.6 is 0 Å². The third-order valence-electron chi connectivity index (χ3n) is 12.1. The van der Waals surface area contributed by atoms with Crippen molar-refractivity contribution in [1.82, 2.24) is 0 Å². The third kappa shape index (κ3) is 24.7. The van der Waals surface area contributed by atoms with Gasteiger partial charge < -0.3 is 64.2 Å². The van der Waals surface area contributed by atoms with Gasteiger partial charge in [0, 0.05) is 13.0 Å². The van der Waals surface area contributed by atoms with E-state index in [0.717, 1.165) is 38.5 Å². The van der Waals surface area contributed by atoms with E-state index < -0.39 is 80.7 Å². The molecular formula is C47H90O14. The van der Waals surface area contributed by atoms with Gasteiger partial charge in [-0.25, -0.2) is 0 Å². The Morgan fingerprint density at radius 3 is 1.33 bits per heavy atom. The van der Waals surface area contributed by atoms with Crippen molar-refractivity contribution in [3.05, 3.63) is 0 Å².